The van der Waals surface area contributed by atoms with Crippen LogP contribution in [0.15, 0.2) is 41.7 Å². The van der Waals surface area contributed by atoms with Crippen LogP contribution in [0.3, 0.4) is 0 Å². The quantitative estimate of drug-likeness (QED) is 0.712. The fourth-order valence-electron chi connectivity index (χ4n) is 2.28. The van der Waals surface area contributed by atoms with Gasteiger partial charge < -0.3 is 15.0 Å². The fourth-order valence-corrected chi connectivity index (χ4v) is 2.28. The number of nitrogens with zero attached hydrogens (tertiary/aromatic N) is 2. The highest BCUT2D eigenvalue weighted by molar-refractivity contribution is 5.76. The first-order chi connectivity index (χ1) is 12.2. The van der Waals surface area contributed by atoms with Gasteiger partial charge in [-0.05, 0) is 37.1 Å². The van der Waals surface area contributed by atoms with E-state index in [1.165, 1.54) is 0 Å². The van der Waals surface area contributed by atoms with Crippen LogP contribution in [-0.2, 0) is 11.2 Å². The zero-order valence-corrected chi connectivity index (χ0v) is 13.8. The van der Waals surface area contributed by atoms with E-state index in [4.69, 9.17) is 4.74 Å². The Kier molecular flexibility index (Phi) is 5.23. The Bertz CT molecular complexity index is 810. The minimum Gasteiger partial charge on any atom is -0.490 e. The number of carbonyl (C=O) groups excluding carboxylic acids is 1. The standard InChI is InChI=1S/C18H20N4O3/c1-2-11-25-14-7-3-12(4-8-14)17-20-18(24)15(21-22-17)9-10-16(23)19-13-5-6-13/h2-4,7-8,13H,1,5-6,9-11H2,(H,19,23)(H,20,22,24). The van der Waals surface area contributed by atoms with Crippen LogP contribution in [-0.4, -0.2) is 33.7 Å². The van der Waals surface area contributed by atoms with E-state index in [0.29, 0.717) is 24.2 Å². The van der Waals surface area contributed by atoms with Gasteiger partial charge in [0.15, 0.2) is 5.82 Å². The molecule has 0 bridgehead atoms. The molecule has 3 rings (SSSR count). The number of ether oxygens (including phenoxy) is 1. The third-order valence-electron chi connectivity index (χ3n) is 3.79. The van der Waals surface area contributed by atoms with E-state index in [0.717, 1.165) is 18.4 Å². The van der Waals surface area contributed by atoms with E-state index in [2.05, 4.69) is 27.1 Å². The topological polar surface area (TPSA) is 97.0 Å². The van der Waals surface area contributed by atoms with Crippen molar-refractivity contribution >= 4 is 5.91 Å². The van der Waals surface area contributed by atoms with Crippen molar-refractivity contribution in [3.05, 3.63) is 53.0 Å². The lowest BCUT2D eigenvalue weighted by molar-refractivity contribution is -0.121. The van der Waals surface area contributed by atoms with Crippen molar-refractivity contribution in [3.63, 3.8) is 0 Å². The average Bonchev–Trinajstić information content (AvgIpc) is 3.43. The highest BCUT2D eigenvalue weighted by Gasteiger charge is 2.23. The van der Waals surface area contributed by atoms with Gasteiger partial charge in [-0.2, -0.15) is 0 Å². The van der Waals surface area contributed by atoms with Gasteiger partial charge >= 0.3 is 0 Å². The predicted octanol–water partition coefficient (Wildman–Crippen LogP) is 1.61. The molecule has 1 heterocycles. The largest absolute Gasteiger partial charge is 0.490 e. The van der Waals surface area contributed by atoms with Gasteiger partial charge in [0.2, 0.25) is 5.91 Å². The van der Waals surface area contributed by atoms with Crippen molar-refractivity contribution in [1.82, 2.24) is 20.5 Å². The minimum atomic E-state index is -0.323. The smallest absolute Gasteiger partial charge is 0.273 e. The highest BCUT2D eigenvalue weighted by atomic mass is 16.5. The fraction of sp³-hybridized carbons (Fsp3) is 0.333. The molecule has 1 saturated carbocycles. The maximum absolute atomic E-state index is 12.1. The van der Waals surface area contributed by atoms with E-state index in [-0.39, 0.29) is 30.0 Å². The first-order valence-corrected chi connectivity index (χ1v) is 8.25. The van der Waals surface area contributed by atoms with Gasteiger partial charge in [0.25, 0.3) is 5.56 Å². The van der Waals surface area contributed by atoms with Crippen LogP contribution in [0.2, 0.25) is 0 Å². The molecule has 2 aromatic rings. The average molecular weight is 340 g/mol. The number of amides is 1. The molecule has 0 atom stereocenters. The first kappa shape index (κ1) is 16.9. The lowest BCUT2D eigenvalue weighted by atomic mass is 10.2. The van der Waals surface area contributed by atoms with Gasteiger partial charge in [0.05, 0.1) is 0 Å². The molecule has 25 heavy (non-hydrogen) atoms. The molecule has 1 aliphatic rings. The first-order valence-electron chi connectivity index (χ1n) is 8.25. The van der Waals surface area contributed by atoms with E-state index in [1.807, 2.05) is 0 Å². The maximum atomic E-state index is 12.1. The number of nitrogens with one attached hydrogen (secondary N) is 2. The van der Waals surface area contributed by atoms with E-state index in [9.17, 15) is 9.59 Å². The molecule has 7 nitrogen and oxygen atoms in total. The molecule has 1 aromatic carbocycles. The molecule has 0 saturated heterocycles. The molecule has 1 aromatic heterocycles. The lowest BCUT2D eigenvalue weighted by Crippen LogP contribution is -2.27. The second-order valence-electron chi connectivity index (χ2n) is 5.92. The van der Waals surface area contributed by atoms with Crippen molar-refractivity contribution in [2.75, 3.05) is 6.61 Å². The van der Waals surface area contributed by atoms with E-state index >= 15 is 0 Å². The molecule has 0 aliphatic heterocycles. The third kappa shape index (κ3) is 4.76. The summed E-state index contributed by atoms with van der Waals surface area (Å²) in [6, 6.07) is 7.48. The van der Waals surface area contributed by atoms with Gasteiger partial charge in [-0.1, -0.05) is 12.7 Å². The third-order valence-corrected chi connectivity index (χ3v) is 3.79. The minimum absolute atomic E-state index is 0.0529. The molecule has 2 N–H and O–H groups in total. The Balaban J connectivity index is 1.63. The number of aromatic nitrogens is 3. The normalized spacial score (nSPS) is 13.3. The number of rotatable bonds is 8. The summed E-state index contributed by atoms with van der Waals surface area (Å²) in [6.07, 6.45) is 4.26. The van der Waals surface area contributed by atoms with Gasteiger partial charge in [0.1, 0.15) is 18.1 Å². The van der Waals surface area contributed by atoms with Crippen LogP contribution in [0.5, 0.6) is 5.75 Å². The summed E-state index contributed by atoms with van der Waals surface area (Å²) in [6.45, 7) is 4.02. The Morgan fingerprint density at radius 1 is 1.32 bits per heavy atom. The summed E-state index contributed by atoms with van der Waals surface area (Å²) in [4.78, 5) is 26.5. The molecule has 7 heteroatoms. The Hall–Kier alpha value is -2.96. The second kappa shape index (κ2) is 7.74. The molecule has 0 spiro atoms. The van der Waals surface area contributed by atoms with Crippen LogP contribution in [0.25, 0.3) is 11.4 Å². The van der Waals surface area contributed by atoms with Crippen LogP contribution in [0, 0.1) is 0 Å². The van der Waals surface area contributed by atoms with Gasteiger partial charge in [0, 0.05) is 24.4 Å². The van der Waals surface area contributed by atoms with Crippen LogP contribution in [0.4, 0.5) is 0 Å². The Labute approximate surface area is 145 Å². The highest BCUT2D eigenvalue weighted by Crippen LogP contribution is 2.19. The molecular formula is C18H20N4O3. The van der Waals surface area contributed by atoms with Crippen molar-refractivity contribution in [2.45, 2.75) is 31.7 Å². The number of benzene rings is 1. The number of aryl methyl sites for hydroxylation is 1. The molecule has 1 aliphatic carbocycles. The summed E-state index contributed by atoms with van der Waals surface area (Å²) in [7, 11) is 0. The predicted molar refractivity (Wildman–Crippen MR) is 93.3 cm³/mol. The Morgan fingerprint density at radius 2 is 2.08 bits per heavy atom. The number of hydrogen-bond acceptors (Lipinski definition) is 5. The molecular weight excluding hydrogens is 320 g/mol. The molecule has 0 radical (unpaired) electrons. The van der Waals surface area contributed by atoms with Gasteiger partial charge in [-0.15, -0.1) is 10.2 Å². The van der Waals surface area contributed by atoms with E-state index < -0.39 is 0 Å². The van der Waals surface area contributed by atoms with E-state index in [1.54, 1.807) is 30.3 Å². The van der Waals surface area contributed by atoms with Crippen LogP contribution in [0.1, 0.15) is 25.0 Å². The summed E-state index contributed by atoms with van der Waals surface area (Å²) >= 11 is 0. The summed E-state index contributed by atoms with van der Waals surface area (Å²) in [5, 5.41) is 10.9. The Morgan fingerprint density at radius 3 is 2.72 bits per heavy atom. The second-order valence-corrected chi connectivity index (χ2v) is 5.92. The summed E-state index contributed by atoms with van der Waals surface area (Å²) in [5.74, 6) is 1.03. The van der Waals surface area contributed by atoms with Crippen LogP contribution < -0.4 is 15.6 Å². The molecule has 130 valence electrons. The number of H-pyrrole nitrogens is 1. The van der Waals surface area contributed by atoms with Crippen molar-refractivity contribution in [3.8, 4) is 17.1 Å². The lowest BCUT2D eigenvalue weighted by Gasteiger charge is -2.05. The number of hydrogen-bond donors (Lipinski definition) is 2. The van der Waals surface area contributed by atoms with Crippen molar-refractivity contribution in [1.29, 1.82) is 0 Å². The summed E-state index contributed by atoms with van der Waals surface area (Å²) in [5.41, 5.74) is 0.672. The van der Waals surface area contributed by atoms with Gasteiger partial charge in [-0.25, -0.2) is 0 Å². The van der Waals surface area contributed by atoms with Crippen molar-refractivity contribution < 1.29 is 9.53 Å². The number of aromatic amines is 1. The monoisotopic (exact) mass is 340 g/mol. The molecule has 1 fully saturated rings. The van der Waals surface area contributed by atoms with Crippen LogP contribution >= 0.6 is 0 Å². The molecule has 1 amide bonds. The summed E-state index contributed by atoms with van der Waals surface area (Å²) < 4.78 is 5.41. The molecule has 0 unspecified atom stereocenters. The SMILES string of the molecule is C=CCOc1ccc(-c2nnc(CCC(=O)NC3CC3)c(=O)[nH]2)cc1. The van der Waals surface area contributed by atoms with Gasteiger partial charge in [-0.3, -0.25) is 9.59 Å². The maximum Gasteiger partial charge on any atom is 0.273 e. The van der Waals surface area contributed by atoms with Crippen molar-refractivity contribution in [2.24, 2.45) is 0 Å². The zero-order chi connectivity index (χ0) is 17.6. The number of carbonyl (C=O) groups is 1. The zero-order valence-electron chi connectivity index (χ0n) is 13.8.